The molecule has 0 amide bonds. The molecule has 0 spiro atoms. The Kier molecular flexibility index (Phi) is 4.99. The van der Waals surface area contributed by atoms with Crippen LogP contribution in [0.1, 0.15) is 0 Å². The summed E-state index contributed by atoms with van der Waals surface area (Å²) < 4.78 is 23.1. The standard InChI is InChI=1S/C20H14ClN3O2S2/c21-16-7-3-13(4-8-16)18-19(14-5-9-17(10-6-14)28(22,25)26)27-20(24-18)15-2-1-11-23-12-15/h1-12H,(H2,22,25,26). The van der Waals surface area contributed by atoms with Gasteiger partial charge in [-0.25, -0.2) is 18.5 Å². The second-order valence-electron chi connectivity index (χ2n) is 6.01. The van der Waals surface area contributed by atoms with Gasteiger partial charge >= 0.3 is 0 Å². The molecule has 5 nitrogen and oxygen atoms in total. The number of benzene rings is 2. The largest absolute Gasteiger partial charge is 0.264 e. The topological polar surface area (TPSA) is 85.9 Å². The second-order valence-corrected chi connectivity index (χ2v) is 9.01. The number of nitrogens with two attached hydrogens (primary N) is 1. The first-order valence-corrected chi connectivity index (χ1v) is 11.0. The molecule has 0 aliphatic rings. The van der Waals surface area contributed by atoms with Crippen LogP contribution in [0.5, 0.6) is 0 Å². The lowest BCUT2D eigenvalue weighted by molar-refractivity contribution is 0.598. The van der Waals surface area contributed by atoms with Crippen LogP contribution in [0.2, 0.25) is 5.02 Å². The number of nitrogens with zero attached hydrogens (tertiary/aromatic N) is 2. The Labute approximate surface area is 171 Å². The van der Waals surface area contributed by atoms with E-state index in [0.29, 0.717) is 5.02 Å². The van der Waals surface area contributed by atoms with Crippen molar-refractivity contribution in [3.05, 3.63) is 78.1 Å². The first-order valence-electron chi connectivity index (χ1n) is 8.22. The van der Waals surface area contributed by atoms with Crippen LogP contribution in [-0.4, -0.2) is 18.4 Å². The van der Waals surface area contributed by atoms with Crippen LogP contribution in [0.3, 0.4) is 0 Å². The van der Waals surface area contributed by atoms with Crippen molar-refractivity contribution in [2.45, 2.75) is 4.90 Å². The summed E-state index contributed by atoms with van der Waals surface area (Å²) in [5.41, 5.74) is 3.48. The maximum absolute atomic E-state index is 11.5. The zero-order valence-corrected chi connectivity index (χ0v) is 16.8. The van der Waals surface area contributed by atoms with E-state index >= 15 is 0 Å². The van der Waals surface area contributed by atoms with Gasteiger partial charge in [-0.3, -0.25) is 4.98 Å². The van der Waals surface area contributed by atoms with Gasteiger partial charge in [-0.05, 0) is 42.0 Å². The average Bonchev–Trinajstić information content (AvgIpc) is 3.14. The SMILES string of the molecule is NS(=O)(=O)c1ccc(-c2sc(-c3cccnc3)nc2-c2ccc(Cl)cc2)cc1. The predicted octanol–water partition coefficient (Wildman–Crippen LogP) is 4.84. The smallest absolute Gasteiger partial charge is 0.238 e. The van der Waals surface area contributed by atoms with Crippen LogP contribution < -0.4 is 5.14 Å². The minimum Gasteiger partial charge on any atom is -0.264 e. The van der Waals surface area contributed by atoms with Crippen molar-refractivity contribution in [2.75, 3.05) is 0 Å². The van der Waals surface area contributed by atoms with Crippen molar-refractivity contribution >= 4 is 33.0 Å². The summed E-state index contributed by atoms with van der Waals surface area (Å²) in [5, 5.41) is 6.67. The van der Waals surface area contributed by atoms with Crippen LogP contribution in [0.15, 0.2) is 78.0 Å². The van der Waals surface area contributed by atoms with E-state index in [1.165, 1.54) is 23.5 Å². The summed E-state index contributed by atoms with van der Waals surface area (Å²) in [7, 11) is -3.74. The molecule has 0 radical (unpaired) electrons. The molecule has 0 saturated heterocycles. The van der Waals surface area contributed by atoms with Gasteiger partial charge in [0.1, 0.15) is 5.01 Å². The monoisotopic (exact) mass is 427 g/mol. The fourth-order valence-electron chi connectivity index (χ4n) is 2.73. The van der Waals surface area contributed by atoms with E-state index in [0.717, 1.165) is 32.3 Å². The van der Waals surface area contributed by atoms with Gasteiger partial charge in [0.25, 0.3) is 0 Å². The van der Waals surface area contributed by atoms with E-state index in [2.05, 4.69) is 4.98 Å². The van der Waals surface area contributed by atoms with Crippen molar-refractivity contribution in [1.29, 1.82) is 0 Å². The number of thiazole rings is 1. The molecule has 0 atom stereocenters. The van der Waals surface area contributed by atoms with Gasteiger partial charge in [-0.15, -0.1) is 11.3 Å². The highest BCUT2D eigenvalue weighted by Gasteiger charge is 2.17. The highest BCUT2D eigenvalue weighted by Crippen LogP contribution is 2.40. The molecule has 0 bridgehead atoms. The van der Waals surface area contributed by atoms with Crippen molar-refractivity contribution in [1.82, 2.24) is 9.97 Å². The van der Waals surface area contributed by atoms with E-state index < -0.39 is 10.0 Å². The molecule has 2 heterocycles. The molecule has 2 aromatic heterocycles. The van der Waals surface area contributed by atoms with Crippen LogP contribution >= 0.6 is 22.9 Å². The molecule has 0 aliphatic heterocycles. The van der Waals surface area contributed by atoms with E-state index in [9.17, 15) is 8.42 Å². The molecule has 4 rings (SSSR count). The fourth-order valence-corrected chi connectivity index (χ4v) is 4.45. The number of sulfonamides is 1. The summed E-state index contributed by atoms with van der Waals surface area (Å²) in [6, 6.07) is 17.7. The average molecular weight is 428 g/mol. The fraction of sp³-hybridized carbons (Fsp3) is 0. The molecule has 0 unspecified atom stereocenters. The molecule has 0 aliphatic carbocycles. The summed E-state index contributed by atoms with van der Waals surface area (Å²) in [4.78, 5) is 9.97. The normalized spacial score (nSPS) is 11.5. The number of rotatable bonds is 4. The summed E-state index contributed by atoms with van der Waals surface area (Å²) in [6.45, 7) is 0. The molecule has 2 aromatic carbocycles. The lowest BCUT2D eigenvalue weighted by Gasteiger charge is -2.04. The molecule has 2 N–H and O–H groups in total. The van der Waals surface area contributed by atoms with Gasteiger partial charge in [0, 0.05) is 28.5 Å². The van der Waals surface area contributed by atoms with E-state index in [1.54, 1.807) is 24.5 Å². The Hall–Kier alpha value is -2.58. The van der Waals surface area contributed by atoms with E-state index in [1.807, 2.05) is 36.4 Å². The summed E-state index contributed by atoms with van der Waals surface area (Å²) in [6.07, 6.45) is 3.47. The molecule has 28 heavy (non-hydrogen) atoms. The number of hydrogen-bond acceptors (Lipinski definition) is 5. The highest BCUT2D eigenvalue weighted by molar-refractivity contribution is 7.89. The van der Waals surface area contributed by atoms with Gasteiger partial charge in [0.05, 0.1) is 15.5 Å². The second kappa shape index (κ2) is 7.44. The lowest BCUT2D eigenvalue weighted by atomic mass is 10.1. The van der Waals surface area contributed by atoms with Gasteiger partial charge in [0.15, 0.2) is 0 Å². The molecule has 0 fully saturated rings. The third-order valence-corrected chi connectivity index (χ3v) is 6.43. The van der Waals surface area contributed by atoms with Gasteiger partial charge < -0.3 is 0 Å². The number of halogens is 1. The van der Waals surface area contributed by atoms with Gasteiger partial charge in [-0.1, -0.05) is 35.9 Å². The first-order chi connectivity index (χ1) is 13.4. The zero-order chi connectivity index (χ0) is 19.7. The summed E-state index contributed by atoms with van der Waals surface area (Å²) >= 11 is 7.54. The minimum absolute atomic E-state index is 0.0706. The van der Waals surface area contributed by atoms with Crippen molar-refractivity contribution < 1.29 is 8.42 Å². The van der Waals surface area contributed by atoms with Crippen molar-refractivity contribution in [3.8, 4) is 32.3 Å². The van der Waals surface area contributed by atoms with Crippen molar-refractivity contribution in [2.24, 2.45) is 5.14 Å². The number of aromatic nitrogens is 2. The quantitative estimate of drug-likeness (QED) is 0.504. The lowest BCUT2D eigenvalue weighted by Crippen LogP contribution is -2.11. The molecule has 4 aromatic rings. The Balaban J connectivity index is 1.87. The number of hydrogen-bond donors (Lipinski definition) is 1. The third kappa shape index (κ3) is 3.83. The van der Waals surface area contributed by atoms with Crippen LogP contribution in [-0.2, 0) is 10.0 Å². The Morgan fingerprint density at radius 2 is 1.57 bits per heavy atom. The Bertz CT molecular complexity index is 1220. The Morgan fingerprint density at radius 1 is 0.893 bits per heavy atom. The van der Waals surface area contributed by atoms with Crippen molar-refractivity contribution in [3.63, 3.8) is 0 Å². The minimum atomic E-state index is -3.74. The highest BCUT2D eigenvalue weighted by atomic mass is 35.5. The summed E-state index contributed by atoms with van der Waals surface area (Å²) in [5.74, 6) is 0. The van der Waals surface area contributed by atoms with Gasteiger partial charge in [0.2, 0.25) is 10.0 Å². The molecule has 140 valence electrons. The Morgan fingerprint density at radius 3 is 2.18 bits per heavy atom. The predicted molar refractivity (Wildman–Crippen MR) is 113 cm³/mol. The molecule has 0 saturated carbocycles. The number of primary sulfonamides is 1. The zero-order valence-electron chi connectivity index (χ0n) is 14.4. The molecule has 8 heteroatoms. The first kappa shape index (κ1) is 18.8. The van der Waals surface area contributed by atoms with Crippen LogP contribution in [0.4, 0.5) is 0 Å². The van der Waals surface area contributed by atoms with E-state index in [-0.39, 0.29) is 4.90 Å². The van der Waals surface area contributed by atoms with E-state index in [4.69, 9.17) is 21.7 Å². The number of pyridine rings is 1. The maximum atomic E-state index is 11.5. The molecular formula is C20H14ClN3O2S2. The third-order valence-electron chi connectivity index (χ3n) is 4.10. The van der Waals surface area contributed by atoms with Crippen LogP contribution in [0.25, 0.3) is 32.3 Å². The van der Waals surface area contributed by atoms with Crippen LogP contribution in [0, 0.1) is 0 Å². The molecular weight excluding hydrogens is 414 g/mol. The van der Waals surface area contributed by atoms with Gasteiger partial charge in [-0.2, -0.15) is 0 Å². The maximum Gasteiger partial charge on any atom is 0.238 e.